The molecule has 0 aliphatic heterocycles. The van der Waals surface area contributed by atoms with E-state index in [0.29, 0.717) is 24.2 Å². The molecule has 3 aromatic rings. The summed E-state index contributed by atoms with van der Waals surface area (Å²) in [6, 6.07) is 16.5. The molecule has 0 radical (unpaired) electrons. The number of hydrogen-bond donors (Lipinski definition) is 1. The zero-order chi connectivity index (χ0) is 36.0. The number of nitrogens with zero attached hydrogens (tertiary/aromatic N) is 2. The van der Waals surface area contributed by atoms with Gasteiger partial charge in [0.2, 0.25) is 0 Å². The number of amides is 1. The molecule has 1 N–H and O–H groups in total. The van der Waals surface area contributed by atoms with E-state index in [1.165, 1.54) is 16.8 Å². The van der Waals surface area contributed by atoms with Gasteiger partial charge in [0.05, 0.1) is 17.5 Å². The van der Waals surface area contributed by atoms with Gasteiger partial charge >= 0.3 is 18.0 Å². The van der Waals surface area contributed by atoms with E-state index < -0.39 is 29.7 Å². The number of nitrogens with one attached hydrogen (secondary N) is 1. The number of rotatable bonds is 8. The van der Waals surface area contributed by atoms with Gasteiger partial charge in [-0.15, -0.1) is 0 Å². The van der Waals surface area contributed by atoms with Crippen molar-refractivity contribution in [3.05, 3.63) is 84.2 Å². The van der Waals surface area contributed by atoms with Crippen LogP contribution < -0.4 is 5.32 Å². The second kappa shape index (κ2) is 13.6. The Morgan fingerprint density at radius 3 is 2.47 bits per heavy atom. The van der Waals surface area contributed by atoms with Crippen molar-refractivity contribution in [2.24, 2.45) is 28.6 Å². The summed E-state index contributed by atoms with van der Waals surface area (Å²) in [5.74, 6) is 0.471. The zero-order valence-corrected chi connectivity index (χ0v) is 30.5. The lowest BCUT2D eigenvalue weighted by Crippen LogP contribution is -2.51. The fourth-order valence-corrected chi connectivity index (χ4v) is 9.65. The van der Waals surface area contributed by atoms with Crippen LogP contribution >= 0.6 is 0 Å². The molecule has 5 unspecified atom stereocenters. The molecule has 0 saturated heterocycles. The molecule has 4 aliphatic rings. The normalized spacial score (nSPS) is 29.0. The lowest BCUT2D eigenvalue weighted by atomic mass is 9.47. The smallest absolute Gasteiger partial charge is 0.408 e. The molecule has 51 heavy (non-hydrogen) atoms. The number of aromatic nitrogens is 2. The highest BCUT2D eigenvalue weighted by Gasteiger charge is 2.57. The maximum absolute atomic E-state index is 13.6. The van der Waals surface area contributed by atoms with E-state index in [4.69, 9.17) is 19.2 Å². The number of para-hydroxylation sites is 2. The van der Waals surface area contributed by atoms with Crippen molar-refractivity contribution >= 4 is 34.8 Å². The predicted octanol–water partition coefficient (Wildman–Crippen LogP) is 8.39. The zero-order valence-electron chi connectivity index (χ0n) is 30.5. The molecular formula is C42H51N3O6. The first kappa shape index (κ1) is 35.0. The summed E-state index contributed by atoms with van der Waals surface area (Å²) in [4.78, 5) is 43.9. The molecule has 9 heteroatoms. The first-order valence-corrected chi connectivity index (χ1v) is 18.6. The fourth-order valence-electron chi connectivity index (χ4n) is 9.65. The number of imidazole rings is 1. The van der Waals surface area contributed by atoms with Gasteiger partial charge in [-0.05, 0) is 100 Å². The van der Waals surface area contributed by atoms with Crippen molar-refractivity contribution in [3.63, 3.8) is 0 Å². The summed E-state index contributed by atoms with van der Waals surface area (Å²) < 4.78 is 19.3. The molecule has 1 amide bonds. The van der Waals surface area contributed by atoms with Gasteiger partial charge in [-0.1, -0.05) is 74.0 Å². The van der Waals surface area contributed by atoms with Crippen LogP contribution in [0.25, 0.3) is 16.7 Å². The van der Waals surface area contributed by atoms with E-state index in [9.17, 15) is 14.4 Å². The van der Waals surface area contributed by atoms with Crippen LogP contribution in [0.2, 0.25) is 0 Å². The van der Waals surface area contributed by atoms with Crippen molar-refractivity contribution in [1.29, 1.82) is 0 Å². The molecule has 2 saturated carbocycles. The molecule has 4 aliphatic carbocycles. The second-order valence-corrected chi connectivity index (χ2v) is 16.5. The summed E-state index contributed by atoms with van der Waals surface area (Å²) >= 11 is 0. The number of carbonyl (C=O) groups is 3. The molecular weight excluding hydrogens is 642 g/mol. The molecule has 7 atom stereocenters. The lowest BCUT2D eigenvalue weighted by Gasteiger charge is -2.57. The van der Waals surface area contributed by atoms with Crippen molar-refractivity contribution in [2.75, 3.05) is 0 Å². The number of allylic oxidation sites excluding steroid dienone is 3. The molecule has 2 aromatic carbocycles. The lowest BCUT2D eigenvalue weighted by molar-refractivity contribution is -0.158. The average Bonchev–Trinajstić information content (AvgIpc) is 3.67. The van der Waals surface area contributed by atoms with Gasteiger partial charge in [0.15, 0.2) is 0 Å². The first-order chi connectivity index (χ1) is 24.3. The fraction of sp³-hybridized carbons (Fsp3) is 0.524. The van der Waals surface area contributed by atoms with E-state index in [-0.39, 0.29) is 30.0 Å². The summed E-state index contributed by atoms with van der Waals surface area (Å²) in [6.45, 7) is 10.2. The Balaban J connectivity index is 1.02. The third-order valence-corrected chi connectivity index (χ3v) is 12.2. The van der Waals surface area contributed by atoms with Crippen LogP contribution in [0, 0.1) is 28.6 Å². The van der Waals surface area contributed by atoms with Gasteiger partial charge in [0.1, 0.15) is 30.7 Å². The SMILES string of the molecule is CC(C)(C)OC(=O)NC(CC(=O)OCc1ccccc1)C(=O)OC1CC[C@@]2(C)C(=CCC3C2CC[C@]2(C)C(n4cnc5ccccc54)=CCC32)C1. The Hall–Kier alpha value is -4.40. The monoisotopic (exact) mass is 693 g/mol. The van der Waals surface area contributed by atoms with Gasteiger partial charge in [0.25, 0.3) is 0 Å². The van der Waals surface area contributed by atoms with Crippen LogP contribution in [0.1, 0.15) is 91.5 Å². The number of hydrogen-bond acceptors (Lipinski definition) is 7. The molecule has 270 valence electrons. The standard InChI is InChI=1S/C42H51N3O6/c1-40(2,3)51-39(48)44-34(24-37(46)49-25-27-11-7-6-8-12-27)38(47)50-29-19-21-41(4)28(23-29)15-16-30-31-17-18-36(42(31,5)22-20-32(30)41)45-26-43-33-13-9-10-14-35(33)45/h6-15,18,26,29-32,34H,16-17,19-25H2,1-5H3,(H,44,48)/t29?,30?,31?,32?,34?,41-,42-/m0/s1. The van der Waals surface area contributed by atoms with Gasteiger partial charge in [-0.25, -0.2) is 14.6 Å². The number of ether oxygens (including phenoxy) is 3. The number of fused-ring (bicyclic) bond motifs is 6. The molecule has 2 fully saturated rings. The quantitative estimate of drug-likeness (QED) is 0.143. The number of carbonyl (C=O) groups excluding carboxylic acids is 3. The minimum absolute atomic E-state index is 0.0486. The summed E-state index contributed by atoms with van der Waals surface area (Å²) in [6.07, 6.45) is 12.2. The minimum Gasteiger partial charge on any atom is -0.461 e. The number of esters is 2. The van der Waals surface area contributed by atoms with Crippen LogP contribution in [-0.2, 0) is 30.4 Å². The molecule has 1 aromatic heterocycles. The van der Waals surface area contributed by atoms with Crippen LogP contribution in [0.15, 0.2) is 78.6 Å². The van der Waals surface area contributed by atoms with E-state index in [0.717, 1.165) is 49.6 Å². The van der Waals surface area contributed by atoms with Crippen LogP contribution in [0.4, 0.5) is 4.79 Å². The highest BCUT2D eigenvalue weighted by Crippen LogP contribution is 2.65. The number of benzene rings is 2. The summed E-state index contributed by atoms with van der Waals surface area (Å²) in [5, 5.41) is 2.58. The Bertz CT molecular complexity index is 1860. The van der Waals surface area contributed by atoms with Gasteiger partial charge in [-0.3, -0.25) is 4.79 Å². The van der Waals surface area contributed by atoms with Gasteiger partial charge in [0, 0.05) is 17.5 Å². The Morgan fingerprint density at radius 1 is 0.941 bits per heavy atom. The third-order valence-electron chi connectivity index (χ3n) is 12.2. The second-order valence-electron chi connectivity index (χ2n) is 16.5. The Morgan fingerprint density at radius 2 is 1.69 bits per heavy atom. The van der Waals surface area contributed by atoms with Crippen LogP contribution in [0.3, 0.4) is 0 Å². The first-order valence-electron chi connectivity index (χ1n) is 18.6. The predicted molar refractivity (Wildman–Crippen MR) is 195 cm³/mol. The van der Waals surface area contributed by atoms with Crippen LogP contribution in [0.5, 0.6) is 0 Å². The largest absolute Gasteiger partial charge is 0.461 e. The van der Waals surface area contributed by atoms with E-state index in [1.807, 2.05) is 42.7 Å². The topological polar surface area (TPSA) is 109 Å². The average molecular weight is 694 g/mol. The maximum Gasteiger partial charge on any atom is 0.408 e. The summed E-state index contributed by atoms with van der Waals surface area (Å²) in [7, 11) is 0. The van der Waals surface area contributed by atoms with Crippen molar-refractivity contribution < 1.29 is 28.6 Å². The Kier molecular flexibility index (Phi) is 9.35. The maximum atomic E-state index is 13.6. The molecule has 9 nitrogen and oxygen atoms in total. The van der Waals surface area contributed by atoms with E-state index in [1.54, 1.807) is 20.8 Å². The van der Waals surface area contributed by atoms with Crippen molar-refractivity contribution in [3.8, 4) is 0 Å². The van der Waals surface area contributed by atoms with E-state index in [2.05, 4.69) is 54.1 Å². The van der Waals surface area contributed by atoms with Gasteiger partial charge < -0.3 is 24.1 Å². The van der Waals surface area contributed by atoms with Crippen molar-refractivity contribution in [2.45, 2.75) is 110 Å². The number of alkyl carbamates (subject to hydrolysis) is 1. The van der Waals surface area contributed by atoms with E-state index >= 15 is 0 Å². The van der Waals surface area contributed by atoms with Crippen molar-refractivity contribution in [1.82, 2.24) is 14.9 Å². The summed E-state index contributed by atoms with van der Waals surface area (Å²) in [5.41, 5.74) is 5.18. The van der Waals surface area contributed by atoms with Crippen LogP contribution in [-0.4, -0.2) is 45.3 Å². The molecule has 0 bridgehead atoms. The minimum atomic E-state index is -1.23. The highest BCUT2D eigenvalue weighted by molar-refractivity contribution is 5.86. The molecule has 1 heterocycles. The molecule has 7 rings (SSSR count). The highest BCUT2D eigenvalue weighted by atomic mass is 16.6. The van der Waals surface area contributed by atoms with Gasteiger partial charge in [-0.2, -0.15) is 0 Å². The molecule has 0 spiro atoms. The Labute approximate surface area is 300 Å². The third kappa shape index (κ3) is 6.96.